The third-order valence-corrected chi connectivity index (χ3v) is 3.19. The average Bonchev–Trinajstić information content (AvgIpc) is 2.45. The van der Waals surface area contributed by atoms with Crippen LogP contribution in [0.1, 0.15) is 22.7 Å². The second kappa shape index (κ2) is 6.19. The lowest BCUT2D eigenvalue weighted by molar-refractivity contribution is -0.138. The molecule has 2 aromatic rings. The largest absolute Gasteiger partial charge is 0.497 e. The number of hydrogen-bond donors (Lipinski definition) is 1. The number of hydrogen-bond acceptors (Lipinski definition) is 3. The van der Waals surface area contributed by atoms with Crippen LogP contribution in [0.25, 0.3) is 0 Å². The van der Waals surface area contributed by atoms with E-state index in [2.05, 4.69) is 4.98 Å². The van der Waals surface area contributed by atoms with Crippen molar-refractivity contribution in [2.45, 2.75) is 19.3 Å². The molecule has 0 spiro atoms. The van der Waals surface area contributed by atoms with Gasteiger partial charge in [0.25, 0.3) is 0 Å². The van der Waals surface area contributed by atoms with Crippen LogP contribution >= 0.6 is 0 Å². The molecule has 0 bridgehead atoms. The maximum Gasteiger partial charge on any atom is 0.312 e. The van der Waals surface area contributed by atoms with Crippen molar-refractivity contribution in [3.05, 3.63) is 59.4 Å². The molecule has 1 aromatic carbocycles. The molecule has 0 fully saturated rings. The molecule has 0 radical (unpaired) electrons. The summed E-state index contributed by atoms with van der Waals surface area (Å²) in [6.45, 7) is 1.93. The molecule has 0 aliphatic rings. The molecule has 1 atom stereocenters. The van der Waals surface area contributed by atoms with Crippen LogP contribution in [0.3, 0.4) is 0 Å². The number of methoxy groups -OCH3 is 1. The third kappa shape index (κ3) is 3.35. The Morgan fingerprint density at radius 3 is 2.55 bits per heavy atom. The summed E-state index contributed by atoms with van der Waals surface area (Å²) in [6, 6.07) is 11.1. The molecule has 4 heteroatoms. The number of nitrogens with zero attached hydrogens (tertiary/aromatic N) is 1. The Bertz CT molecular complexity index is 593. The zero-order valence-electron chi connectivity index (χ0n) is 11.5. The van der Waals surface area contributed by atoms with Gasteiger partial charge in [-0.1, -0.05) is 12.1 Å². The maximum atomic E-state index is 11.5. The van der Waals surface area contributed by atoms with Crippen molar-refractivity contribution in [1.82, 2.24) is 4.98 Å². The highest BCUT2D eigenvalue weighted by Crippen LogP contribution is 2.22. The van der Waals surface area contributed by atoms with Crippen LogP contribution in [0.2, 0.25) is 0 Å². The van der Waals surface area contributed by atoms with Crippen molar-refractivity contribution in [2.24, 2.45) is 0 Å². The molecule has 0 amide bonds. The minimum absolute atomic E-state index is 0.412. The summed E-state index contributed by atoms with van der Waals surface area (Å²) in [5.74, 6) is -0.739. The van der Waals surface area contributed by atoms with Gasteiger partial charge in [0.05, 0.1) is 12.8 Å². The van der Waals surface area contributed by atoms with E-state index in [9.17, 15) is 9.90 Å². The highest BCUT2D eigenvalue weighted by molar-refractivity contribution is 5.76. The van der Waals surface area contributed by atoms with Gasteiger partial charge in [0.15, 0.2) is 0 Å². The lowest BCUT2D eigenvalue weighted by atomic mass is 9.95. The molecule has 1 N–H and O–H groups in total. The Kier molecular flexibility index (Phi) is 4.35. The van der Waals surface area contributed by atoms with Gasteiger partial charge in [0.2, 0.25) is 0 Å². The van der Waals surface area contributed by atoms with E-state index in [0.717, 1.165) is 16.9 Å². The summed E-state index contributed by atoms with van der Waals surface area (Å²) >= 11 is 0. The van der Waals surface area contributed by atoms with Gasteiger partial charge in [-0.05, 0) is 48.7 Å². The second-order valence-corrected chi connectivity index (χ2v) is 4.70. The third-order valence-electron chi connectivity index (χ3n) is 3.19. The SMILES string of the molecule is COc1ccc(CC(C(=O)O)c2cc(C)ccn2)cc1. The van der Waals surface area contributed by atoms with Crippen molar-refractivity contribution in [2.75, 3.05) is 7.11 Å². The van der Waals surface area contributed by atoms with Gasteiger partial charge >= 0.3 is 5.97 Å². The van der Waals surface area contributed by atoms with Crippen molar-refractivity contribution in [3.8, 4) is 5.75 Å². The predicted octanol–water partition coefficient (Wildman–Crippen LogP) is 2.81. The molecule has 4 nitrogen and oxygen atoms in total. The Morgan fingerprint density at radius 2 is 2.00 bits per heavy atom. The van der Waals surface area contributed by atoms with Crippen LogP contribution in [0.15, 0.2) is 42.6 Å². The molecule has 0 aliphatic heterocycles. The Hall–Kier alpha value is -2.36. The molecule has 1 aromatic heterocycles. The highest BCUT2D eigenvalue weighted by atomic mass is 16.5. The van der Waals surface area contributed by atoms with E-state index in [0.29, 0.717) is 12.1 Å². The van der Waals surface area contributed by atoms with E-state index in [4.69, 9.17) is 4.74 Å². The standard InChI is InChI=1S/C16H17NO3/c1-11-7-8-17-15(9-11)14(16(18)19)10-12-3-5-13(20-2)6-4-12/h3-9,14H,10H2,1-2H3,(H,18,19). The lowest BCUT2D eigenvalue weighted by Crippen LogP contribution is -2.16. The van der Waals surface area contributed by atoms with Crippen LogP contribution < -0.4 is 4.74 Å². The number of benzene rings is 1. The fourth-order valence-electron chi connectivity index (χ4n) is 2.07. The summed E-state index contributed by atoms with van der Waals surface area (Å²) in [5.41, 5.74) is 2.55. The molecular weight excluding hydrogens is 254 g/mol. The first-order valence-electron chi connectivity index (χ1n) is 6.38. The van der Waals surface area contributed by atoms with E-state index in [-0.39, 0.29) is 0 Å². The van der Waals surface area contributed by atoms with Gasteiger partial charge in [-0.2, -0.15) is 0 Å². The van der Waals surface area contributed by atoms with Crippen LogP contribution in [0, 0.1) is 6.92 Å². The first-order chi connectivity index (χ1) is 9.60. The smallest absolute Gasteiger partial charge is 0.312 e. The monoisotopic (exact) mass is 271 g/mol. The molecule has 0 saturated heterocycles. The van der Waals surface area contributed by atoms with E-state index in [1.807, 2.05) is 43.3 Å². The number of rotatable bonds is 5. The zero-order valence-corrected chi connectivity index (χ0v) is 11.5. The maximum absolute atomic E-state index is 11.5. The topological polar surface area (TPSA) is 59.4 Å². The molecule has 0 saturated carbocycles. The predicted molar refractivity (Wildman–Crippen MR) is 76.0 cm³/mol. The lowest BCUT2D eigenvalue weighted by Gasteiger charge is -2.12. The van der Waals surface area contributed by atoms with Gasteiger partial charge in [-0.15, -0.1) is 0 Å². The van der Waals surface area contributed by atoms with Gasteiger partial charge in [-0.3, -0.25) is 9.78 Å². The Balaban J connectivity index is 2.23. The van der Waals surface area contributed by atoms with Gasteiger partial charge in [0, 0.05) is 6.20 Å². The molecule has 20 heavy (non-hydrogen) atoms. The summed E-state index contributed by atoms with van der Waals surface area (Å²) in [6.07, 6.45) is 2.06. The van der Waals surface area contributed by atoms with Gasteiger partial charge in [-0.25, -0.2) is 0 Å². The quantitative estimate of drug-likeness (QED) is 0.908. The minimum Gasteiger partial charge on any atom is -0.497 e. The number of carbonyl (C=O) groups is 1. The Morgan fingerprint density at radius 1 is 1.30 bits per heavy atom. The molecule has 2 rings (SSSR count). The van der Waals surface area contributed by atoms with E-state index >= 15 is 0 Å². The molecule has 104 valence electrons. The number of aliphatic carboxylic acids is 1. The number of ether oxygens (including phenoxy) is 1. The zero-order chi connectivity index (χ0) is 14.5. The number of pyridine rings is 1. The van der Waals surface area contributed by atoms with Crippen molar-refractivity contribution >= 4 is 5.97 Å². The fraction of sp³-hybridized carbons (Fsp3) is 0.250. The Labute approximate surface area is 118 Å². The van der Waals surface area contributed by atoms with Crippen molar-refractivity contribution in [1.29, 1.82) is 0 Å². The van der Waals surface area contributed by atoms with Crippen LogP contribution in [0.4, 0.5) is 0 Å². The van der Waals surface area contributed by atoms with Crippen LogP contribution in [-0.2, 0) is 11.2 Å². The summed E-state index contributed by atoms with van der Waals surface area (Å²) in [4.78, 5) is 15.7. The average molecular weight is 271 g/mol. The molecule has 1 unspecified atom stereocenters. The first kappa shape index (κ1) is 14.1. The van der Waals surface area contributed by atoms with E-state index in [1.54, 1.807) is 13.3 Å². The first-order valence-corrected chi connectivity index (χ1v) is 6.38. The fourth-order valence-corrected chi connectivity index (χ4v) is 2.07. The number of carboxylic acid groups (broad SMARTS) is 1. The minimum atomic E-state index is -0.862. The van der Waals surface area contributed by atoms with Crippen molar-refractivity contribution in [3.63, 3.8) is 0 Å². The normalized spacial score (nSPS) is 11.9. The molecule has 0 aliphatic carbocycles. The highest BCUT2D eigenvalue weighted by Gasteiger charge is 2.21. The number of aryl methyl sites for hydroxylation is 1. The summed E-state index contributed by atoms with van der Waals surface area (Å²) < 4.78 is 5.09. The van der Waals surface area contributed by atoms with Gasteiger partial charge < -0.3 is 9.84 Å². The summed E-state index contributed by atoms with van der Waals surface area (Å²) in [5, 5.41) is 9.41. The van der Waals surface area contributed by atoms with Crippen LogP contribution in [0.5, 0.6) is 5.75 Å². The number of carboxylic acids is 1. The van der Waals surface area contributed by atoms with E-state index < -0.39 is 11.9 Å². The second-order valence-electron chi connectivity index (χ2n) is 4.70. The molecule has 1 heterocycles. The number of aromatic nitrogens is 1. The van der Waals surface area contributed by atoms with Crippen LogP contribution in [-0.4, -0.2) is 23.2 Å². The van der Waals surface area contributed by atoms with Crippen molar-refractivity contribution < 1.29 is 14.6 Å². The molecular formula is C16H17NO3. The van der Waals surface area contributed by atoms with Gasteiger partial charge in [0.1, 0.15) is 11.7 Å². The summed E-state index contributed by atoms with van der Waals surface area (Å²) in [7, 11) is 1.60. The van der Waals surface area contributed by atoms with E-state index in [1.165, 1.54) is 0 Å².